The summed E-state index contributed by atoms with van der Waals surface area (Å²) in [6.45, 7) is 0. The summed E-state index contributed by atoms with van der Waals surface area (Å²) < 4.78 is 13.1. The van der Waals surface area contributed by atoms with Gasteiger partial charge in [0.15, 0.2) is 0 Å². The second-order valence-electron chi connectivity index (χ2n) is 6.30. The van der Waals surface area contributed by atoms with Crippen molar-refractivity contribution < 1.29 is 18.8 Å². The summed E-state index contributed by atoms with van der Waals surface area (Å²) in [6, 6.07) is 11.7. The van der Waals surface area contributed by atoms with E-state index >= 15 is 0 Å². The van der Waals surface area contributed by atoms with Crippen molar-refractivity contribution in [2.24, 2.45) is 0 Å². The molecule has 0 saturated carbocycles. The average molecular weight is 379 g/mol. The van der Waals surface area contributed by atoms with Crippen LogP contribution in [0.3, 0.4) is 0 Å². The molecule has 1 aliphatic rings. The minimum absolute atomic E-state index is 0.172. The first-order valence-corrected chi connectivity index (χ1v) is 8.48. The molecule has 1 fully saturated rings. The molecule has 0 aromatic heterocycles. The van der Waals surface area contributed by atoms with E-state index in [-0.39, 0.29) is 11.3 Å². The van der Waals surface area contributed by atoms with E-state index in [4.69, 9.17) is 0 Å². The molecule has 142 valence electrons. The number of imide groups is 2. The van der Waals surface area contributed by atoms with Crippen molar-refractivity contribution in [2.45, 2.75) is 0 Å². The summed E-state index contributed by atoms with van der Waals surface area (Å²) in [5, 5.41) is 2.12. The number of amides is 4. The lowest BCUT2D eigenvalue weighted by Crippen LogP contribution is -2.54. The number of anilines is 2. The predicted octanol–water partition coefficient (Wildman–Crippen LogP) is 3.11. The van der Waals surface area contributed by atoms with E-state index in [9.17, 15) is 18.8 Å². The minimum Gasteiger partial charge on any atom is -0.378 e. The van der Waals surface area contributed by atoms with E-state index in [0.717, 1.165) is 28.3 Å². The number of rotatable bonds is 4. The number of nitrogens with one attached hydrogen (secondary N) is 1. The molecule has 4 amide bonds. The Bertz CT molecular complexity index is 977. The summed E-state index contributed by atoms with van der Waals surface area (Å²) in [6.07, 6.45) is 4.66. The van der Waals surface area contributed by atoms with Gasteiger partial charge in [0.25, 0.3) is 11.8 Å². The number of barbiturate groups is 1. The van der Waals surface area contributed by atoms with E-state index in [2.05, 4.69) is 5.32 Å². The number of hydrogen-bond donors (Lipinski definition) is 1. The van der Waals surface area contributed by atoms with Crippen molar-refractivity contribution in [3.63, 3.8) is 0 Å². The van der Waals surface area contributed by atoms with Crippen molar-refractivity contribution in [3.05, 3.63) is 77.6 Å². The third-order valence-electron chi connectivity index (χ3n) is 4.15. The van der Waals surface area contributed by atoms with Gasteiger partial charge in [0.05, 0.1) is 5.69 Å². The van der Waals surface area contributed by atoms with Crippen LogP contribution < -0.4 is 15.1 Å². The fraction of sp³-hybridized carbons (Fsp3) is 0.0952. The molecule has 28 heavy (non-hydrogen) atoms. The van der Waals surface area contributed by atoms with Gasteiger partial charge < -0.3 is 4.90 Å². The van der Waals surface area contributed by atoms with Crippen LogP contribution in [-0.4, -0.2) is 31.9 Å². The van der Waals surface area contributed by atoms with Crippen LogP contribution in [0.2, 0.25) is 0 Å². The summed E-state index contributed by atoms with van der Waals surface area (Å²) in [5.74, 6) is -2.04. The first kappa shape index (κ1) is 19.0. The van der Waals surface area contributed by atoms with Gasteiger partial charge in [0.2, 0.25) is 0 Å². The van der Waals surface area contributed by atoms with Crippen LogP contribution in [0.1, 0.15) is 5.56 Å². The van der Waals surface area contributed by atoms with Crippen molar-refractivity contribution in [3.8, 4) is 0 Å². The lowest BCUT2D eigenvalue weighted by atomic mass is 10.1. The number of carbonyl (C=O) groups is 3. The molecular formula is C21H18FN3O3. The second-order valence-corrected chi connectivity index (χ2v) is 6.30. The molecule has 1 N–H and O–H groups in total. The molecule has 0 atom stereocenters. The SMILES string of the molecule is CN(C)c1ccc(/C=C/C=C2\C(=O)NC(=O)N(c3ccc(F)cc3)C2=O)cc1. The molecule has 7 heteroatoms. The van der Waals surface area contributed by atoms with Gasteiger partial charge >= 0.3 is 6.03 Å². The zero-order chi connectivity index (χ0) is 20.3. The molecule has 2 aromatic rings. The molecule has 2 aromatic carbocycles. The number of urea groups is 1. The molecule has 0 unspecified atom stereocenters. The van der Waals surface area contributed by atoms with E-state index in [0.29, 0.717) is 0 Å². The van der Waals surface area contributed by atoms with E-state index in [1.165, 1.54) is 18.2 Å². The number of hydrogen-bond acceptors (Lipinski definition) is 4. The van der Waals surface area contributed by atoms with Crippen LogP contribution in [0.25, 0.3) is 6.08 Å². The maximum atomic E-state index is 13.1. The molecule has 1 aliphatic heterocycles. The van der Waals surface area contributed by atoms with E-state index in [1.807, 2.05) is 43.3 Å². The highest BCUT2D eigenvalue weighted by Gasteiger charge is 2.36. The standard InChI is InChI=1S/C21H18FN3O3/c1-24(2)16-10-6-14(7-11-16)4-3-5-18-19(26)23-21(28)25(20(18)27)17-12-8-15(22)9-13-17/h3-13H,1-2H3,(H,23,26,28)/b4-3+,18-5+. The van der Waals surface area contributed by atoms with Crippen LogP contribution >= 0.6 is 0 Å². The number of benzene rings is 2. The van der Waals surface area contributed by atoms with Crippen molar-refractivity contribution >= 4 is 35.3 Å². The van der Waals surface area contributed by atoms with E-state index in [1.54, 1.807) is 12.2 Å². The number of carbonyl (C=O) groups excluding carboxylic acids is 3. The molecule has 1 saturated heterocycles. The number of allylic oxidation sites excluding steroid dienone is 2. The average Bonchev–Trinajstić information content (AvgIpc) is 2.66. The zero-order valence-corrected chi connectivity index (χ0v) is 15.3. The Labute approximate surface area is 161 Å². The molecule has 6 nitrogen and oxygen atoms in total. The van der Waals surface area contributed by atoms with Crippen LogP contribution in [0, 0.1) is 5.82 Å². The van der Waals surface area contributed by atoms with Crippen molar-refractivity contribution in [2.75, 3.05) is 23.9 Å². The zero-order valence-electron chi connectivity index (χ0n) is 15.3. The van der Waals surface area contributed by atoms with Gasteiger partial charge in [-0.3, -0.25) is 14.9 Å². The topological polar surface area (TPSA) is 69.7 Å². The third kappa shape index (κ3) is 3.98. The fourth-order valence-corrected chi connectivity index (χ4v) is 2.64. The highest BCUT2D eigenvalue weighted by molar-refractivity contribution is 6.37. The van der Waals surface area contributed by atoms with Gasteiger partial charge in [-0.15, -0.1) is 0 Å². The normalized spacial score (nSPS) is 16.0. The highest BCUT2D eigenvalue weighted by Crippen LogP contribution is 2.21. The maximum Gasteiger partial charge on any atom is 0.335 e. The third-order valence-corrected chi connectivity index (χ3v) is 4.15. The molecule has 0 radical (unpaired) electrons. The van der Waals surface area contributed by atoms with Crippen LogP contribution in [0.15, 0.2) is 66.3 Å². The lowest BCUT2D eigenvalue weighted by molar-refractivity contribution is -0.122. The van der Waals surface area contributed by atoms with Crippen molar-refractivity contribution in [1.29, 1.82) is 0 Å². The molecule has 3 rings (SSSR count). The Hall–Kier alpha value is -3.74. The van der Waals surface area contributed by atoms with Gasteiger partial charge in [0, 0.05) is 19.8 Å². The van der Waals surface area contributed by atoms with Gasteiger partial charge in [-0.05, 0) is 48.0 Å². The summed E-state index contributed by atoms with van der Waals surface area (Å²) in [5.41, 5.74) is 1.92. The van der Waals surface area contributed by atoms with Crippen molar-refractivity contribution in [1.82, 2.24) is 5.32 Å². The lowest BCUT2D eigenvalue weighted by Gasteiger charge is -2.26. The Kier molecular flexibility index (Phi) is 5.35. The highest BCUT2D eigenvalue weighted by atomic mass is 19.1. The summed E-state index contributed by atoms with van der Waals surface area (Å²) in [7, 11) is 3.88. The minimum atomic E-state index is -0.873. The number of nitrogens with zero attached hydrogens (tertiary/aromatic N) is 2. The molecule has 0 aliphatic carbocycles. The Morgan fingerprint density at radius 3 is 2.21 bits per heavy atom. The summed E-state index contributed by atoms with van der Waals surface area (Å²) >= 11 is 0. The Morgan fingerprint density at radius 1 is 0.964 bits per heavy atom. The largest absolute Gasteiger partial charge is 0.378 e. The van der Waals surface area contributed by atoms with Crippen LogP contribution in [0.4, 0.5) is 20.6 Å². The first-order chi connectivity index (χ1) is 13.4. The van der Waals surface area contributed by atoms with Crippen LogP contribution in [0.5, 0.6) is 0 Å². The van der Waals surface area contributed by atoms with Gasteiger partial charge in [0.1, 0.15) is 11.4 Å². The molecule has 0 bridgehead atoms. The monoisotopic (exact) mass is 379 g/mol. The van der Waals surface area contributed by atoms with Gasteiger partial charge in [-0.1, -0.05) is 24.3 Å². The molecular weight excluding hydrogens is 361 g/mol. The quantitative estimate of drug-likeness (QED) is 0.655. The second kappa shape index (κ2) is 7.87. The van der Waals surface area contributed by atoms with Gasteiger partial charge in [-0.25, -0.2) is 14.1 Å². The fourth-order valence-electron chi connectivity index (χ4n) is 2.64. The first-order valence-electron chi connectivity index (χ1n) is 8.48. The summed E-state index contributed by atoms with van der Waals surface area (Å²) in [4.78, 5) is 39.5. The predicted molar refractivity (Wildman–Crippen MR) is 105 cm³/mol. The maximum absolute atomic E-state index is 13.1. The smallest absolute Gasteiger partial charge is 0.335 e. The Morgan fingerprint density at radius 2 is 1.61 bits per heavy atom. The molecule has 0 spiro atoms. The van der Waals surface area contributed by atoms with Crippen LogP contribution in [-0.2, 0) is 9.59 Å². The Balaban J connectivity index is 1.83. The van der Waals surface area contributed by atoms with Gasteiger partial charge in [-0.2, -0.15) is 0 Å². The molecule has 1 heterocycles. The number of halogens is 1. The van der Waals surface area contributed by atoms with E-state index < -0.39 is 23.7 Å².